The summed E-state index contributed by atoms with van der Waals surface area (Å²) >= 11 is 1.57. The van der Waals surface area contributed by atoms with Crippen molar-refractivity contribution in [1.82, 2.24) is 4.98 Å². The number of aromatic nitrogens is 1. The molecule has 0 bridgehead atoms. The summed E-state index contributed by atoms with van der Waals surface area (Å²) in [5.41, 5.74) is 9.36. The van der Waals surface area contributed by atoms with Gasteiger partial charge in [0.05, 0.1) is 10.2 Å². The minimum absolute atomic E-state index is 0.585. The monoisotopic (exact) mass is 292 g/mol. The summed E-state index contributed by atoms with van der Waals surface area (Å²) in [6.45, 7) is 0. The SMILES string of the molecule is Nc1c(Oc2cccc3ccccc23)ccc2scnc12. The number of nitrogens with two attached hydrogens (primary N) is 1. The third-order valence-corrected chi connectivity index (χ3v) is 4.27. The molecular formula is C17H12N2OS. The van der Waals surface area contributed by atoms with Gasteiger partial charge in [-0.25, -0.2) is 4.98 Å². The molecule has 2 N–H and O–H groups in total. The van der Waals surface area contributed by atoms with Crippen LogP contribution in [0.4, 0.5) is 5.69 Å². The molecule has 0 radical (unpaired) electrons. The van der Waals surface area contributed by atoms with Crippen LogP contribution >= 0.6 is 11.3 Å². The second-order valence-electron chi connectivity index (χ2n) is 4.76. The Hall–Kier alpha value is -2.59. The summed E-state index contributed by atoms with van der Waals surface area (Å²) in [6, 6.07) is 18.0. The van der Waals surface area contributed by atoms with Gasteiger partial charge < -0.3 is 10.5 Å². The number of nitrogen functional groups attached to an aromatic ring is 1. The van der Waals surface area contributed by atoms with Crippen LogP contribution in [0, 0.1) is 0 Å². The van der Waals surface area contributed by atoms with Gasteiger partial charge in [0.25, 0.3) is 0 Å². The molecule has 1 aromatic heterocycles. The summed E-state index contributed by atoms with van der Waals surface area (Å²) in [7, 11) is 0. The molecule has 4 aromatic rings. The number of anilines is 1. The number of hydrogen-bond acceptors (Lipinski definition) is 4. The zero-order valence-corrected chi connectivity index (χ0v) is 11.9. The van der Waals surface area contributed by atoms with Gasteiger partial charge in [-0.3, -0.25) is 0 Å². The predicted molar refractivity (Wildman–Crippen MR) is 88.1 cm³/mol. The molecule has 102 valence electrons. The van der Waals surface area contributed by atoms with Gasteiger partial charge in [-0.1, -0.05) is 36.4 Å². The Morgan fingerprint density at radius 2 is 1.76 bits per heavy atom. The molecule has 0 aliphatic carbocycles. The summed E-state index contributed by atoms with van der Waals surface area (Å²) in [4.78, 5) is 4.30. The Bertz CT molecular complexity index is 940. The molecule has 0 fully saturated rings. The average Bonchev–Trinajstić information content (AvgIpc) is 3.00. The Morgan fingerprint density at radius 3 is 2.71 bits per heavy atom. The minimum atomic E-state index is 0.585. The molecule has 0 saturated heterocycles. The largest absolute Gasteiger partial charge is 0.454 e. The van der Waals surface area contributed by atoms with E-state index in [1.807, 2.05) is 42.5 Å². The van der Waals surface area contributed by atoms with E-state index < -0.39 is 0 Å². The number of nitrogens with zero attached hydrogens (tertiary/aromatic N) is 1. The number of hydrogen-bond donors (Lipinski definition) is 1. The van der Waals surface area contributed by atoms with Gasteiger partial charge in [-0.15, -0.1) is 11.3 Å². The quantitative estimate of drug-likeness (QED) is 0.539. The van der Waals surface area contributed by atoms with Crippen LogP contribution in [-0.4, -0.2) is 4.98 Å². The zero-order valence-electron chi connectivity index (χ0n) is 11.1. The molecule has 0 atom stereocenters. The van der Waals surface area contributed by atoms with Crippen molar-refractivity contribution in [3.8, 4) is 11.5 Å². The Kier molecular flexibility index (Phi) is 2.75. The van der Waals surface area contributed by atoms with Crippen molar-refractivity contribution >= 4 is 38.0 Å². The van der Waals surface area contributed by atoms with Crippen molar-refractivity contribution in [1.29, 1.82) is 0 Å². The van der Waals surface area contributed by atoms with Gasteiger partial charge in [0.1, 0.15) is 17.0 Å². The second-order valence-corrected chi connectivity index (χ2v) is 5.64. The molecule has 3 nitrogen and oxygen atoms in total. The Labute approximate surface area is 125 Å². The van der Waals surface area contributed by atoms with Gasteiger partial charge >= 0.3 is 0 Å². The van der Waals surface area contributed by atoms with E-state index in [9.17, 15) is 0 Å². The van der Waals surface area contributed by atoms with Crippen molar-refractivity contribution in [2.75, 3.05) is 5.73 Å². The maximum atomic E-state index is 6.17. The molecule has 4 rings (SSSR count). The topological polar surface area (TPSA) is 48.1 Å². The highest BCUT2D eigenvalue weighted by Crippen LogP contribution is 2.36. The first-order valence-corrected chi connectivity index (χ1v) is 7.48. The Balaban J connectivity index is 1.84. The average molecular weight is 292 g/mol. The van der Waals surface area contributed by atoms with E-state index in [1.165, 1.54) is 0 Å². The standard InChI is InChI=1S/C17H12N2OS/c18-16-14(8-9-15-17(16)19-10-21-15)20-13-7-3-5-11-4-1-2-6-12(11)13/h1-10H,18H2. The van der Waals surface area contributed by atoms with E-state index in [-0.39, 0.29) is 0 Å². The number of ether oxygens (including phenoxy) is 1. The van der Waals surface area contributed by atoms with Gasteiger partial charge in [-0.2, -0.15) is 0 Å². The van der Waals surface area contributed by atoms with Crippen molar-refractivity contribution in [2.45, 2.75) is 0 Å². The number of benzene rings is 3. The van der Waals surface area contributed by atoms with Crippen LogP contribution in [-0.2, 0) is 0 Å². The first-order chi connectivity index (χ1) is 10.3. The number of thiazole rings is 1. The molecule has 3 aromatic carbocycles. The maximum absolute atomic E-state index is 6.17. The van der Waals surface area contributed by atoms with Gasteiger partial charge in [0.15, 0.2) is 5.75 Å². The lowest BCUT2D eigenvalue weighted by atomic mass is 10.1. The van der Waals surface area contributed by atoms with Crippen molar-refractivity contribution in [3.63, 3.8) is 0 Å². The second kappa shape index (κ2) is 4.75. The van der Waals surface area contributed by atoms with Gasteiger partial charge in [0.2, 0.25) is 0 Å². The van der Waals surface area contributed by atoms with Crippen LogP contribution in [0.1, 0.15) is 0 Å². The van der Waals surface area contributed by atoms with Crippen LogP contribution in [0.5, 0.6) is 11.5 Å². The maximum Gasteiger partial charge on any atom is 0.152 e. The summed E-state index contributed by atoms with van der Waals surface area (Å²) in [6.07, 6.45) is 0. The van der Waals surface area contributed by atoms with E-state index in [1.54, 1.807) is 16.8 Å². The third-order valence-electron chi connectivity index (χ3n) is 3.47. The third kappa shape index (κ3) is 2.00. The fourth-order valence-electron chi connectivity index (χ4n) is 2.43. The smallest absolute Gasteiger partial charge is 0.152 e. The van der Waals surface area contributed by atoms with Crippen LogP contribution in [0.3, 0.4) is 0 Å². The van der Waals surface area contributed by atoms with Crippen molar-refractivity contribution in [2.24, 2.45) is 0 Å². The molecule has 4 heteroatoms. The van der Waals surface area contributed by atoms with E-state index in [2.05, 4.69) is 17.1 Å². The van der Waals surface area contributed by atoms with E-state index in [4.69, 9.17) is 10.5 Å². The number of rotatable bonds is 2. The summed E-state index contributed by atoms with van der Waals surface area (Å²) in [5.74, 6) is 1.44. The molecule has 0 amide bonds. The molecule has 1 heterocycles. The van der Waals surface area contributed by atoms with Crippen LogP contribution in [0.25, 0.3) is 21.0 Å². The molecule has 0 spiro atoms. The van der Waals surface area contributed by atoms with Crippen LogP contribution < -0.4 is 10.5 Å². The van der Waals surface area contributed by atoms with Gasteiger partial charge in [0, 0.05) is 5.39 Å². The lowest BCUT2D eigenvalue weighted by molar-refractivity contribution is 0.491. The van der Waals surface area contributed by atoms with Crippen molar-refractivity contribution < 1.29 is 4.74 Å². The molecule has 0 aliphatic heterocycles. The molecule has 21 heavy (non-hydrogen) atoms. The fourth-order valence-corrected chi connectivity index (χ4v) is 3.12. The normalized spacial score (nSPS) is 11.0. The van der Waals surface area contributed by atoms with E-state index in [0.29, 0.717) is 11.4 Å². The Morgan fingerprint density at radius 1 is 0.905 bits per heavy atom. The lowest BCUT2D eigenvalue weighted by Gasteiger charge is -2.11. The highest BCUT2D eigenvalue weighted by molar-refractivity contribution is 7.16. The first kappa shape index (κ1) is 12.2. The number of fused-ring (bicyclic) bond motifs is 2. The first-order valence-electron chi connectivity index (χ1n) is 6.60. The molecular weight excluding hydrogens is 280 g/mol. The highest BCUT2D eigenvalue weighted by atomic mass is 32.1. The van der Waals surface area contributed by atoms with Crippen LogP contribution in [0.2, 0.25) is 0 Å². The summed E-state index contributed by atoms with van der Waals surface area (Å²) in [5, 5.41) is 2.21. The van der Waals surface area contributed by atoms with Crippen molar-refractivity contribution in [3.05, 3.63) is 60.1 Å². The predicted octanol–water partition coefficient (Wildman–Crippen LogP) is 4.82. The summed E-state index contributed by atoms with van der Waals surface area (Å²) < 4.78 is 7.11. The molecule has 0 saturated carbocycles. The van der Waals surface area contributed by atoms with Crippen LogP contribution in [0.15, 0.2) is 60.1 Å². The molecule has 0 aliphatic rings. The lowest BCUT2D eigenvalue weighted by Crippen LogP contribution is -1.93. The fraction of sp³-hybridized carbons (Fsp3) is 0. The minimum Gasteiger partial charge on any atom is -0.454 e. The molecule has 0 unspecified atom stereocenters. The highest BCUT2D eigenvalue weighted by Gasteiger charge is 2.10. The van der Waals surface area contributed by atoms with E-state index >= 15 is 0 Å². The zero-order chi connectivity index (χ0) is 14.2. The van der Waals surface area contributed by atoms with E-state index in [0.717, 1.165) is 26.7 Å². The van der Waals surface area contributed by atoms with Gasteiger partial charge in [-0.05, 0) is 23.6 Å².